The molecule has 0 aliphatic heterocycles. The number of para-hydroxylation sites is 1. The third-order valence-electron chi connectivity index (χ3n) is 4.64. The highest BCUT2D eigenvalue weighted by Gasteiger charge is 2.20. The zero-order valence-corrected chi connectivity index (χ0v) is 17.9. The lowest BCUT2D eigenvalue weighted by Crippen LogP contribution is -2.14. The van der Waals surface area contributed by atoms with Crippen LogP contribution in [0.4, 0.5) is 5.69 Å². The van der Waals surface area contributed by atoms with E-state index >= 15 is 0 Å². The Balaban J connectivity index is 1.79. The fraction of sp³-hybridized carbons (Fsp3) is 0.0870. The van der Waals surface area contributed by atoms with Gasteiger partial charge >= 0.3 is 0 Å². The van der Waals surface area contributed by atoms with Gasteiger partial charge in [0.05, 0.1) is 16.4 Å². The summed E-state index contributed by atoms with van der Waals surface area (Å²) >= 11 is 12.5. The summed E-state index contributed by atoms with van der Waals surface area (Å²) in [6, 6.07) is 20.5. The molecule has 0 saturated heterocycles. The average molecular weight is 437 g/mol. The standard InChI is InChI=1S/C23H18Cl2N4O/c1-14-7-10-16(11-8-14)22-27-21(23(30)26-20-6-4-3-5-18(20)24)28-29(22)17-12-9-15(2)19(25)13-17/h3-13H,1-2H3,(H,26,30). The Hall–Kier alpha value is -3.15. The van der Waals surface area contributed by atoms with Crippen molar-refractivity contribution in [2.75, 3.05) is 5.32 Å². The Morgan fingerprint density at radius 1 is 0.933 bits per heavy atom. The third-order valence-corrected chi connectivity index (χ3v) is 5.38. The van der Waals surface area contributed by atoms with Crippen LogP contribution in [0.5, 0.6) is 0 Å². The van der Waals surface area contributed by atoms with Gasteiger partial charge in [-0.15, -0.1) is 5.10 Å². The fourth-order valence-electron chi connectivity index (χ4n) is 2.93. The molecule has 0 radical (unpaired) electrons. The van der Waals surface area contributed by atoms with E-state index in [1.807, 2.05) is 50.2 Å². The molecular weight excluding hydrogens is 419 g/mol. The number of benzene rings is 3. The lowest BCUT2D eigenvalue weighted by Gasteiger charge is -2.08. The topological polar surface area (TPSA) is 59.8 Å². The first-order valence-corrected chi connectivity index (χ1v) is 10.0. The molecule has 7 heteroatoms. The molecule has 0 unspecified atom stereocenters. The van der Waals surface area contributed by atoms with Crippen LogP contribution < -0.4 is 5.32 Å². The summed E-state index contributed by atoms with van der Waals surface area (Å²) in [4.78, 5) is 17.4. The normalized spacial score (nSPS) is 10.8. The molecule has 0 aliphatic carbocycles. The number of rotatable bonds is 4. The van der Waals surface area contributed by atoms with E-state index < -0.39 is 5.91 Å². The van der Waals surface area contributed by atoms with Crippen molar-refractivity contribution < 1.29 is 4.79 Å². The van der Waals surface area contributed by atoms with Crippen molar-refractivity contribution in [2.45, 2.75) is 13.8 Å². The number of carbonyl (C=O) groups excluding carboxylic acids is 1. The van der Waals surface area contributed by atoms with Gasteiger partial charge in [0.15, 0.2) is 5.82 Å². The Morgan fingerprint density at radius 3 is 2.37 bits per heavy atom. The molecule has 0 bridgehead atoms. The smallest absolute Gasteiger partial charge is 0.295 e. The Morgan fingerprint density at radius 2 is 1.67 bits per heavy atom. The van der Waals surface area contributed by atoms with Crippen LogP contribution in [0, 0.1) is 13.8 Å². The van der Waals surface area contributed by atoms with E-state index in [0.717, 1.165) is 16.7 Å². The molecular formula is C23H18Cl2N4O. The van der Waals surface area contributed by atoms with Crippen LogP contribution >= 0.6 is 23.2 Å². The minimum absolute atomic E-state index is 0.0298. The first-order chi connectivity index (χ1) is 14.4. The van der Waals surface area contributed by atoms with Crippen molar-refractivity contribution in [3.8, 4) is 17.1 Å². The maximum atomic E-state index is 12.8. The van der Waals surface area contributed by atoms with E-state index in [4.69, 9.17) is 23.2 Å². The molecule has 1 heterocycles. The predicted octanol–water partition coefficient (Wildman–Crippen LogP) is 6.11. The summed E-state index contributed by atoms with van der Waals surface area (Å²) in [6.45, 7) is 3.94. The lowest BCUT2D eigenvalue weighted by atomic mass is 10.1. The summed E-state index contributed by atoms with van der Waals surface area (Å²) in [5.41, 5.74) is 4.12. The lowest BCUT2D eigenvalue weighted by molar-refractivity contribution is 0.101. The van der Waals surface area contributed by atoms with Gasteiger partial charge < -0.3 is 5.32 Å². The SMILES string of the molecule is Cc1ccc(-c2nc(C(=O)Nc3ccccc3Cl)nn2-c2ccc(C)c(Cl)c2)cc1. The average Bonchev–Trinajstić information content (AvgIpc) is 3.18. The molecule has 4 rings (SSSR count). The van der Waals surface area contributed by atoms with E-state index in [9.17, 15) is 4.79 Å². The highest BCUT2D eigenvalue weighted by molar-refractivity contribution is 6.33. The van der Waals surface area contributed by atoms with Crippen LogP contribution in [0.1, 0.15) is 21.7 Å². The number of aromatic nitrogens is 3. The van der Waals surface area contributed by atoms with Gasteiger partial charge in [-0.2, -0.15) is 0 Å². The summed E-state index contributed by atoms with van der Waals surface area (Å²) in [5.74, 6) is 0.120. The molecule has 0 spiro atoms. The molecule has 0 saturated carbocycles. The minimum Gasteiger partial charge on any atom is -0.318 e. The molecule has 3 aromatic carbocycles. The number of hydrogen-bond acceptors (Lipinski definition) is 3. The van der Waals surface area contributed by atoms with Crippen molar-refractivity contribution in [1.82, 2.24) is 14.8 Å². The van der Waals surface area contributed by atoms with Gasteiger partial charge in [-0.25, -0.2) is 9.67 Å². The maximum absolute atomic E-state index is 12.8. The van der Waals surface area contributed by atoms with Crippen molar-refractivity contribution in [1.29, 1.82) is 0 Å². The summed E-state index contributed by atoms with van der Waals surface area (Å²) in [5, 5.41) is 8.28. The predicted molar refractivity (Wildman–Crippen MR) is 121 cm³/mol. The number of carbonyl (C=O) groups is 1. The van der Waals surface area contributed by atoms with E-state index in [-0.39, 0.29) is 5.82 Å². The highest BCUT2D eigenvalue weighted by Crippen LogP contribution is 2.26. The van der Waals surface area contributed by atoms with Crippen LogP contribution in [0.2, 0.25) is 10.0 Å². The first kappa shape index (κ1) is 20.1. The number of hydrogen-bond donors (Lipinski definition) is 1. The van der Waals surface area contributed by atoms with Crippen molar-refractivity contribution in [3.05, 3.63) is 93.7 Å². The van der Waals surface area contributed by atoms with Gasteiger partial charge in [0, 0.05) is 10.6 Å². The molecule has 0 aliphatic rings. The first-order valence-electron chi connectivity index (χ1n) is 9.29. The van der Waals surface area contributed by atoms with E-state index in [1.54, 1.807) is 35.0 Å². The van der Waals surface area contributed by atoms with E-state index in [1.165, 1.54) is 0 Å². The Bertz CT molecular complexity index is 1230. The monoisotopic (exact) mass is 436 g/mol. The second-order valence-corrected chi connectivity index (χ2v) is 7.72. The van der Waals surface area contributed by atoms with Crippen LogP contribution in [0.15, 0.2) is 66.7 Å². The molecule has 1 amide bonds. The van der Waals surface area contributed by atoms with Gasteiger partial charge in [0.2, 0.25) is 5.82 Å². The molecule has 1 aromatic heterocycles. The van der Waals surface area contributed by atoms with Gasteiger partial charge in [0.1, 0.15) is 0 Å². The van der Waals surface area contributed by atoms with E-state index in [2.05, 4.69) is 15.4 Å². The van der Waals surface area contributed by atoms with Gasteiger partial charge in [-0.3, -0.25) is 4.79 Å². The zero-order chi connectivity index (χ0) is 21.3. The largest absolute Gasteiger partial charge is 0.318 e. The molecule has 0 fully saturated rings. The van der Waals surface area contributed by atoms with Crippen LogP contribution in [0.25, 0.3) is 17.1 Å². The Labute approximate surface area is 184 Å². The number of anilines is 1. The second-order valence-electron chi connectivity index (χ2n) is 6.90. The number of nitrogens with one attached hydrogen (secondary N) is 1. The zero-order valence-electron chi connectivity index (χ0n) is 16.4. The maximum Gasteiger partial charge on any atom is 0.295 e. The molecule has 5 nitrogen and oxygen atoms in total. The number of nitrogens with zero attached hydrogens (tertiary/aromatic N) is 3. The quantitative estimate of drug-likeness (QED) is 0.419. The fourth-order valence-corrected chi connectivity index (χ4v) is 3.29. The number of aryl methyl sites for hydroxylation is 2. The molecule has 4 aromatic rings. The third kappa shape index (κ3) is 4.08. The molecule has 150 valence electrons. The highest BCUT2D eigenvalue weighted by atomic mass is 35.5. The van der Waals surface area contributed by atoms with Crippen LogP contribution in [-0.2, 0) is 0 Å². The van der Waals surface area contributed by atoms with Gasteiger partial charge in [0.25, 0.3) is 5.91 Å². The molecule has 1 N–H and O–H groups in total. The summed E-state index contributed by atoms with van der Waals surface area (Å²) < 4.78 is 1.62. The minimum atomic E-state index is -0.451. The summed E-state index contributed by atoms with van der Waals surface area (Å²) in [7, 11) is 0. The Kier molecular flexibility index (Phi) is 5.57. The van der Waals surface area contributed by atoms with Crippen molar-refractivity contribution >= 4 is 34.8 Å². The van der Waals surface area contributed by atoms with Crippen LogP contribution in [-0.4, -0.2) is 20.7 Å². The van der Waals surface area contributed by atoms with Crippen molar-refractivity contribution in [3.63, 3.8) is 0 Å². The molecule has 0 atom stereocenters. The van der Waals surface area contributed by atoms with E-state index in [0.29, 0.717) is 27.2 Å². The molecule has 30 heavy (non-hydrogen) atoms. The number of amides is 1. The summed E-state index contributed by atoms with van der Waals surface area (Å²) in [6.07, 6.45) is 0. The van der Waals surface area contributed by atoms with Crippen molar-refractivity contribution in [2.24, 2.45) is 0 Å². The second kappa shape index (κ2) is 8.30. The number of halogens is 2. The van der Waals surface area contributed by atoms with Gasteiger partial charge in [-0.1, -0.05) is 71.2 Å². The van der Waals surface area contributed by atoms with Crippen LogP contribution in [0.3, 0.4) is 0 Å². The van der Waals surface area contributed by atoms with Gasteiger partial charge in [-0.05, 0) is 43.7 Å².